The standard InChI is InChI=1S/CH4O3S.O2Si/c1-5(2,3)4;1-3-2/h1H3,(H,2,3,4);. The van der Waals surface area contributed by atoms with Crippen molar-refractivity contribution in [1.29, 1.82) is 0 Å². The molecule has 0 aliphatic heterocycles. The molecule has 0 aromatic heterocycles. The monoisotopic (exact) mass is 156 g/mol. The molecule has 0 aromatic rings. The first-order chi connectivity index (χ1) is 3.41. The van der Waals surface area contributed by atoms with Crippen molar-refractivity contribution in [2.24, 2.45) is 0 Å². The molecule has 0 amide bonds. The summed E-state index contributed by atoms with van der Waals surface area (Å²) < 4.78 is 42.7. The van der Waals surface area contributed by atoms with Gasteiger partial charge in [0.2, 0.25) is 0 Å². The van der Waals surface area contributed by atoms with E-state index >= 15 is 0 Å². The summed E-state index contributed by atoms with van der Waals surface area (Å²) in [5.74, 6) is 0. The SMILES string of the molecule is CS(=O)(=O)O.O=[Si]=O. The molecule has 0 aromatic carbocycles. The van der Waals surface area contributed by atoms with Crippen LogP contribution >= 0.6 is 0 Å². The normalized spacial score (nSPS) is 8.25. The van der Waals surface area contributed by atoms with Crippen molar-refractivity contribution in [3.05, 3.63) is 0 Å². The highest BCUT2D eigenvalue weighted by atomic mass is 32.2. The van der Waals surface area contributed by atoms with E-state index in [0.29, 0.717) is 6.26 Å². The molecule has 7 heteroatoms. The van der Waals surface area contributed by atoms with Gasteiger partial charge in [-0.25, -0.2) is 0 Å². The summed E-state index contributed by atoms with van der Waals surface area (Å²) in [6.07, 6.45) is 0.715. The molecule has 1 N–H and O–H groups in total. The summed E-state index contributed by atoms with van der Waals surface area (Å²) in [6.45, 7) is 0. The molecule has 0 aliphatic carbocycles. The van der Waals surface area contributed by atoms with Crippen LogP contribution in [0.4, 0.5) is 0 Å². The van der Waals surface area contributed by atoms with Gasteiger partial charge in [-0.05, 0) is 0 Å². The highest BCUT2D eigenvalue weighted by Crippen LogP contribution is 1.60. The average Bonchev–Trinajstić information content (AvgIpc) is 1.27. The molecule has 0 saturated carbocycles. The third-order valence-electron chi connectivity index (χ3n) is 0. The van der Waals surface area contributed by atoms with Gasteiger partial charge in [0.25, 0.3) is 10.1 Å². The third-order valence-corrected chi connectivity index (χ3v) is 0. The first kappa shape index (κ1) is 10.7. The van der Waals surface area contributed by atoms with Crippen LogP contribution in [0.5, 0.6) is 0 Å². The first-order valence-electron chi connectivity index (χ1n) is 1.33. The molecule has 0 unspecified atom stereocenters. The highest BCUT2D eigenvalue weighted by molar-refractivity contribution is 7.85. The topological polar surface area (TPSA) is 88.5 Å². The maximum atomic E-state index is 9.19. The van der Waals surface area contributed by atoms with Crippen molar-refractivity contribution >= 4 is 19.4 Å². The van der Waals surface area contributed by atoms with Crippen molar-refractivity contribution in [2.45, 2.75) is 0 Å². The fourth-order valence-corrected chi connectivity index (χ4v) is 0. The number of rotatable bonds is 0. The van der Waals surface area contributed by atoms with E-state index in [1.807, 2.05) is 0 Å². The lowest BCUT2D eigenvalue weighted by molar-refractivity contribution is 0.490. The van der Waals surface area contributed by atoms with Crippen molar-refractivity contribution in [3.8, 4) is 0 Å². The molecule has 0 saturated heterocycles. The van der Waals surface area contributed by atoms with Crippen LogP contribution in [0.1, 0.15) is 0 Å². The van der Waals surface area contributed by atoms with Gasteiger partial charge in [0.1, 0.15) is 0 Å². The minimum Gasteiger partial charge on any atom is -0.286 e. The molecular formula is CH4O5SSi. The van der Waals surface area contributed by atoms with Gasteiger partial charge in [0, 0.05) is 0 Å². The van der Waals surface area contributed by atoms with Crippen LogP contribution in [0.15, 0.2) is 0 Å². The van der Waals surface area contributed by atoms with E-state index in [1.165, 1.54) is 0 Å². The second-order valence-corrected chi connectivity index (χ2v) is 2.45. The Hall–Kier alpha value is -0.273. The van der Waals surface area contributed by atoms with Crippen LogP contribution in [0.25, 0.3) is 0 Å². The molecule has 48 valence electrons. The molecule has 0 aliphatic rings. The van der Waals surface area contributed by atoms with E-state index in [-0.39, 0.29) is 0 Å². The Morgan fingerprint density at radius 1 is 1.38 bits per heavy atom. The summed E-state index contributed by atoms with van der Waals surface area (Å²) >= 11 is 0. The molecule has 0 heterocycles. The lowest BCUT2D eigenvalue weighted by Crippen LogP contribution is -1.88. The van der Waals surface area contributed by atoms with E-state index in [2.05, 4.69) is 0 Å². The molecule has 5 nitrogen and oxygen atoms in total. The van der Waals surface area contributed by atoms with E-state index in [9.17, 15) is 8.42 Å². The van der Waals surface area contributed by atoms with Gasteiger partial charge in [-0.15, -0.1) is 0 Å². The Balaban J connectivity index is 0. The van der Waals surface area contributed by atoms with Crippen molar-refractivity contribution in [1.82, 2.24) is 0 Å². The molecule has 8 heavy (non-hydrogen) atoms. The van der Waals surface area contributed by atoms with E-state index in [1.54, 1.807) is 0 Å². The Kier molecular flexibility index (Phi) is 6.50. The lowest BCUT2D eigenvalue weighted by atomic mass is 12.0. The Bertz CT molecular complexity index is 153. The van der Waals surface area contributed by atoms with E-state index in [0.717, 1.165) is 0 Å². The Labute approximate surface area is 48.4 Å². The molecular weight excluding hydrogens is 152 g/mol. The van der Waals surface area contributed by atoms with Crippen LogP contribution in [0.3, 0.4) is 0 Å². The van der Waals surface area contributed by atoms with Gasteiger partial charge in [-0.1, -0.05) is 0 Å². The molecule has 0 radical (unpaired) electrons. The van der Waals surface area contributed by atoms with E-state index in [4.69, 9.17) is 13.5 Å². The molecule has 0 fully saturated rings. The highest BCUT2D eigenvalue weighted by Gasteiger charge is 1.81. The molecule has 0 rings (SSSR count). The zero-order valence-corrected chi connectivity index (χ0v) is 5.80. The second kappa shape index (κ2) is 4.88. The van der Waals surface area contributed by atoms with Crippen LogP contribution in [0.2, 0.25) is 0 Å². The Morgan fingerprint density at radius 2 is 1.38 bits per heavy atom. The predicted molar refractivity (Wildman–Crippen MR) is 24.6 cm³/mol. The summed E-state index contributed by atoms with van der Waals surface area (Å²) in [6, 6.07) is 0. The van der Waals surface area contributed by atoms with Crippen molar-refractivity contribution < 1.29 is 21.9 Å². The molecule has 0 atom stereocenters. The first-order valence-corrected chi connectivity index (χ1v) is 4.00. The summed E-state index contributed by atoms with van der Waals surface area (Å²) in [4.78, 5) is 0. The number of hydrogen-bond donors (Lipinski definition) is 1. The van der Waals surface area contributed by atoms with Gasteiger partial charge >= 0.3 is 9.29 Å². The lowest BCUT2D eigenvalue weighted by Gasteiger charge is -1.69. The largest absolute Gasteiger partial charge is 0.549 e. The summed E-state index contributed by atoms with van der Waals surface area (Å²) in [5.41, 5.74) is 0. The Morgan fingerprint density at radius 3 is 1.38 bits per heavy atom. The molecule has 0 spiro atoms. The fraction of sp³-hybridized carbons (Fsp3) is 1.00. The van der Waals surface area contributed by atoms with Crippen molar-refractivity contribution in [2.75, 3.05) is 6.26 Å². The number of hydrogen-bond acceptors (Lipinski definition) is 4. The van der Waals surface area contributed by atoms with Crippen LogP contribution < -0.4 is 0 Å². The predicted octanol–water partition coefficient (Wildman–Crippen LogP) is -1.11. The van der Waals surface area contributed by atoms with Gasteiger partial charge in [0.15, 0.2) is 0 Å². The zero-order chi connectivity index (χ0) is 7.21. The van der Waals surface area contributed by atoms with Crippen LogP contribution in [-0.2, 0) is 19.0 Å². The maximum Gasteiger partial charge on any atom is 0.549 e. The minimum absolute atomic E-state index is 0.715. The quantitative estimate of drug-likeness (QED) is 0.354. The summed E-state index contributed by atoms with van der Waals surface area (Å²) in [5, 5.41) is 0. The van der Waals surface area contributed by atoms with Gasteiger partial charge in [-0.3, -0.25) is 13.5 Å². The fourth-order valence-electron chi connectivity index (χ4n) is 0. The van der Waals surface area contributed by atoms with Gasteiger partial charge < -0.3 is 0 Å². The zero-order valence-electron chi connectivity index (χ0n) is 3.99. The minimum atomic E-state index is -3.67. The third kappa shape index (κ3) is 1720. The van der Waals surface area contributed by atoms with Gasteiger partial charge in [-0.2, -0.15) is 8.42 Å². The second-order valence-electron chi connectivity index (χ2n) is 0.816. The van der Waals surface area contributed by atoms with Crippen molar-refractivity contribution in [3.63, 3.8) is 0 Å². The van der Waals surface area contributed by atoms with Crippen LogP contribution in [0, 0.1) is 0 Å². The maximum absolute atomic E-state index is 9.19. The average molecular weight is 156 g/mol. The summed E-state index contributed by atoms with van der Waals surface area (Å²) in [7, 11) is -5.08. The van der Waals surface area contributed by atoms with E-state index < -0.39 is 19.4 Å². The van der Waals surface area contributed by atoms with Crippen LogP contribution in [-0.4, -0.2) is 28.5 Å². The molecule has 0 bridgehead atoms. The van der Waals surface area contributed by atoms with Gasteiger partial charge in [0.05, 0.1) is 6.26 Å². The smallest absolute Gasteiger partial charge is 0.286 e.